The van der Waals surface area contributed by atoms with Crippen molar-refractivity contribution in [2.24, 2.45) is 0 Å². The molecule has 6 nitrogen and oxygen atoms in total. The minimum absolute atomic E-state index is 0.114. The molecule has 0 radical (unpaired) electrons. The van der Waals surface area contributed by atoms with Gasteiger partial charge in [-0.15, -0.1) is 11.3 Å². The third kappa shape index (κ3) is 3.12. The summed E-state index contributed by atoms with van der Waals surface area (Å²) in [5, 5.41) is 6.35. The third-order valence-corrected chi connectivity index (χ3v) is 4.50. The Morgan fingerprint density at radius 1 is 1.48 bits per heavy atom. The van der Waals surface area contributed by atoms with Crippen molar-refractivity contribution in [1.29, 1.82) is 0 Å². The predicted octanol–water partition coefficient (Wildman–Crippen LogP) is 1.76. The summed E-state index contributed by atoms with van der Waals surface area (Å²) < 4.78 is 1.68. The summed E-state index contributed by atoms with van der Waals surface area (Å²) in [5.41, 5.74) is 2.97. The molecule has 3 heterocycles. The van der Waals surface area contributed by atoms with Crippen molar-refractivity contribution in [3.05, 3.63) is 28.2 Å². The number of aryl methyl sites for hydroxylation is 2. The molecule has 1 atom stereocenters. The van der Waals surface area contributed by atoms with Crippen molar-refractivity contribution in [3.8, 4) is 0 Å². The van der Waals surface area contributed by atoms with E-state index in [9.17, 15) is 4.79 Å². The Kier molecular flexibility index (Phi) is 4.01. The van der Waals surface area contributed by atoms with E-state index in [1.165, 1.54) is 0 Å². The van der Waals surface area contributed by atoms with E-state index in [2.05, 4.69) is 20.4 Å². The maximum atomic E-state index is 12.5. The van der Waals surface area contributed by atoms with E-state index in [-0.39, 0.29) is 12.5 Å². The average molecular weight is 305 g/mol. The second-order valence-electron chi connectivity index (χ2n) is 5.46. The van der Waals surface area contributed by atoms with Crippen LogP contribution >= 0.6 is 11.3 Å². The number of likely N-dealkylation sites (tertiary alicyclic amines) is 1. The van der Waals surface area contributed by atoms with Crippen molar-refractivity contribution in [2.75, 3.05) is 13.1 Å². The van der Waals surface area contributed by atoms with Gasteiger partial charge in [-0.1, -0.05) is 0 Å². The number of amides is 1. The lowest BCUT2D eigenvalue weighted by molar-refractivity contribution is -0.133. The molecule has 1 fully saturated rings. The lowest BCUT2D eigenvalue weighted by Crippen LogP contribution is -2.41. The first kappa shape index (κ1) is 14.2. The van der Waals surface area contributed by atoms with Gasteiger partial charge in [-0.2, -0.15) is 5.10 Å². The molecule has 3 rings (SSSR count). The van der Waals surface area contributed by atoms with Crippen LogP contribution in [0.5, 0.6) is 0 Å². The molecule has 0 aromatic carbocycles. The zero-order chi connectivity index (χ0) is 14.8. The SMILES string of the molecule is Cc1nc(C)n(CC(=O)N2CCCC(c3cscn3)C2)n1. The van der Waals surface area contributed by atoms with Gasteiger partial charge in [-0.25, -0.2) is 14.6 Å². The van der Waals surface area contributed by atoms with Crippen LogP contribution in [0.15, 0.2) is 10.9 Å². The Labute approximate surface area is 127 Å². The predicted molar refractivity (Wildman–Crippen MR) is 80.2 cm³/mol. The summed E-state index contributed by atoms with van der Waals surface area (Å²) in [6.45, 7) is 5.58. The molecule has 112 valence electrons. The number of aromatic nitrogens is 4. The second kappa shape index (κ2) is 5.93. The highest BCUT2D eigenvalue weighted by molar-refractivity contribution is 7.07. The smallest absolute Gasteiger partial charge is 0.244 e. The molecular weight excluding hydrogens is 286 g/mol. The molecule has 1 saturated heterocycles. The normalized spacial score (nSPS) is 19.0. The summed E-state index contributed by atoms with van der Waals surface area (Å²) in [6.07, 6.45) is 2.14. The van der Waals surface area contributed by atoms with Crippen LogP contribution in [0.25, 0.3) is 0 Å². The maximum absolute atomic E-state index is 12.5. The van der Waals surface area contributed by atoms with Crippen LogP contribution in [0.4, 0.5) is 0 Å². The zero-order valence-electron chi connectivity index (χ0n) is 12.3. The summed E-state index contributed by atoms with van der Waals surface area (Å²) in [4.78, 5) is 23.0. The second-order valence-corrected chi connectivity index (χ2v) is 6.17. The largest absolute Gasteiger partial charge is 0.340 e. The van der Waals surface area contributed by atoms with Crippen molar-refractivity contribution < 1.29 is 4.79 Å². The average Bonchev–Trinajstić information content (AvgIpc) is 3.09. The van der Waals surface area contributed by atoms with Crippen LogP contribution in [0, 0.1) is 13.8 Å². The Morgan fingerprint density at radius 2 is 2.33 bits per heavy atom. The molecule has 0 saturated carbocycles. The maximum Gasteiger partial charge on any atom is 0.244 e. The molecule has 1 unspecified atom stereocenters. The van der Waals surface area contributed by atoms with Crippen molar-refractivity contribution in [2.45, 2.75) is 39.2 Å². The molecule has 0 spiro atoms. The molecule has 0 aliphatic carbocycles. The van der Waals surface area contributed by atoms with Crippen molar-refractivity contribution in [3.63, 3.8) is 0 Å². The highest BCUT2D eigenvalue weighted by Crippen LogP contribution is 2.26. The van der Waals surface area contributed by atoms with E-state index in [0.29, 0.717) is 11.7 Å². The van der Waals surface area contributed by atoms with Crippen molar-refractivity contribution in [1.82, 2.24) is 24.6 Å². The van der Waals surface area contributed by atoms with Gasteiger partial charge in [0.1, 0.15) is 18.2 Å². The zero-order valence-corrected chi connectivity index (χ0v) is 13.1. The van der Waals surface area contributed by atoms with Crippen LogP contribution in [-0.4, -0.2) is 43.6 Å². The molecule has 1 aliphatic rings. The monoisotopic (exact) mass is 305 g/mol. The Hall–Kier alpha value is -1.76. The van der Waals surface area contributed by atoms with Crippen LogP contribution in [0.1, 0.15) is 36.1 Å². The fraction of sp³-hybridized carbons (Fsp3) is 0.571. The fourth-order valence-electron chi connectivity index (χ4n) is 2.81. The van der Waals surface area contributed by atoms with Gasteiger partial charge >= 0.3 is 0 Å². The van der Waals surface area contributed by atoms with Crippen LogP contribution < -0.4 is 0 Å². The lowest BCUT2D eigenvalue weighted by atomic mass is 9.95. The molecule has 2 aromatic heterocycles. The molecule has 0 N–H and O–H groups in total. The highest BCUT2D eigenvalue weighted by atomic mass is 32.1. The molecule has 2 aromatic rings. The Morgan fingerprint density at radius 3 is 3.00 bits per heavy atom. The Balaban J connectivity index is 1.66. The molecule has 1 amide bonds. The van der Waals surface area contributed by atoms with E-state index in [1.807, 2.05) is 24.3 Å². The van der Waals surface area contributed by atoms with Gasteiger partial charge in [0, 0.05) is 24.4 Å². The number of thiazole rings is 1. The summed E-state index contributed by atoms with van der Waals surface area (Å²) >= 11 is 1.61. The summed E-state index contributed by atoms with van der Waals surface area (Å²) in [6, 6.07) is 0. The Bertz CT molecular complexity index is 621. The van der Waals surface area contributed by atoms with Crippen LogP contribution in [0.2, 0.25) is 0 Å². The number of hydrogen-bond acceptors (Lipinski definition) is 5. The van der Waals surface area contributed by atoms with E-state index in [0.717, 1.165) is 37.4 Å². The van der Waals surface area contributed by atoms with Crippen molar-refractivity contribution >= 4 is 17.2 Å². The molecule has 7 heteroatoms. The molecule has 0 bridgehead atoms. The van der Waals surface area contributed by atoms with Gasteiger partial charge in [0.25, 0.3) is 0 Å². The van der Waals surface area contributed by atoms with E-state index < -0.39 is 0 Å². The summed E-state index contributed by atoms with van der Waals surface area (Å²) in [5.74, 6) is 1.98. The number of rotatable bonds is 3. The van der Waals surface area contributed by atoms with Gasteiger partial charge in [0.05, 0.1) is 11.2 Å². The highest BCUT2D eigenvalue weighted by Gasteiger charge is 2.26. The van der Waals surface area contributed by atoms with Crippen LogP contribution in [-0.2, 0) is 11.3 Å². The van der Waals surface area contributed by atoms with E-state index in [1.54, 1.807) is 16.0 Å². The first-order valence-electron chi connectivity index (χ1n) is 7.17. The number of carbonyl (C=O) groups is 1. The lowest BCUT2D eigenvalue weighted by Gasteiger charge is -2.32. The molecular formula is C14H19N5OS. The number of piperidine rings is 1. The number of carbonyl (C=O) groups excluding carboxylic acids is 1. The standard InChI is InChI=1S/C14H19N5OS/c1-10-16-11(2)19(17-10)7-14(20)18-5-3-4-12(6-18)13-8-21-9-15-13/h8-9,12H,3-7H2,1-2H3. The van der Waals surface area contributed by atoms with Gasteiger partial charge in [0.2, 0.25) is 5.91 Å². The topological polar surface area (TPSA) is 63.9 Å². The van der Waals surface area contributed by atoms with Gasteiger partial charge in [-0.3, -0.25) is 4.79 Å². The first-order chi connectivity index (χ1) is 10.1. The minimum Gasteiger partial charge on any atom is -0.340 e. The van der Waals surface area contributed by atoms with Crippen LogP contribution in [0.3, 0.4) is 0 Å². The molecule has 21 heavy (non-hydrogen) atoms. The summed E-state index contributed by atoms with van der Waals surface area (Å²) in [7, 11) is 0. The fourth-order valence-corrected chi connectivity index (χ4v) is 3.44. The van der Waals surface area contributed by atoms with Gasteiger partial charge < -0.3 is 4.90 Å². The molecule has 1 aliphatic heterocycles. The van der Waals surface area contributed by atoms with E-state index >= 15 is 0 Å². The van der Waals surface area contributed by atoms with Gasteiger partial charge in [-0.05, 0) is 26.7 Å². The quantitative estimate of drug-likeness (QED) is 0.867. The third-order valence-electron chi connectivity index (χ3n) is 3.89. The minimum atomic E-state index is 0.114. The number of hydrogen-bond donors (Lipinski definition) is 0. The van der Waals surface area contributed by atoms with Gasteiger partial charge in [0.15, 0.2) is 0 Å². The van der Waals surface area contributed by atoms with E-state index in [4.69, 9.17) is 0 Å². The first-order valence-corrected chi connectivity index (χ1v) is 8.11. The number of nitrogens with zero attached hydrogens (tertiary/aromatic N) is 5.